The molecule has 0 aliphatic carbocycles. The fourth-order valence-corrected chi connectivity index (χ4v) is 3.58. The van der Waals surface area contributed by atoms with Gasteiger partial charge in [-0.2, -0.15) is 0 Å². The first kappa shape index (κ1) is 24.9. The van der Waals surface area contributed by atoms with Gasteiger partial charge in [0.2, 0.25) is 0 Å². The predicted molar refractivity (Wildman–Crippen MR) is 117 cm³/mol. The molecule has 4 nitrogen and oxygen atoms in total. The van der Waals surface area contributed by atoms with E-state index in [4.69, 9.17) is 16.3 Å². The van der Waals surface area contributed by atoms with Crippen molar-refractivity contribution in [1.29, 1.82) is 0 Å². The third kappa shape index (κ3) is 11.0. The Hall–Kier alpha value is -1.16. The van der Waals surface area contributed by atoms with Crippen molar-refractivity contribution in [2.75, 3.05) is 0 Å². The average molecular weight is 411 g/mol. The Labute approximate surface area is 176 Å². The van der Waals surface area contributed by atoms with Gasteiger partial charge in [-0.1, -0.05) is 89.7 Å². The van der Waals surface area contributed by atoms with E-state index in [1.165, 1.54) is 76.6 Å². The van der Waals surface area contributed by atoms with E-state index >= 15 is 0 Å². The van der Waals surface area contributed by atoms with Gasteiger partial charge in [-0.05, 0) is 32.6 Å². The van der Waals surface area contributed by atoms with Crippen molar-refractivity contribution >= 4 is 17.6 Å². The normalized spacial score (nSPS) is 13.3. The molecule has 0 amide bonds. The summed E-state index contributed by atoms with van der Waals surface area (Å²) < 4.78 is 5.93. The molecule has 0 radical (unpaired) electrons. The maximum absolute atomic E-state index is 12.5. The molecule has 0 saturated heterocycles. The first-order chi connectivity index (χ1) is 13.5. The Morgan fingerprint density at radius 1 is 0.857 bits per heavy atom. The van der Waals surface area contributed by atoms with Crippen LogP contribution in [0.25, 0.3) is 0 Å². The molecule has 0 saturated carbocycles. The zero-order chi connectivity index (χ0) is 20.7. The number of nitrogens with zero attached hydrogens (tertiary/aromatic N) is 2. The fourth-order valence-electron chi connectivity index (χ4n) is 3.48. The monoisotopic (exact) mass is 410 g/mol. The van der Waals surface area contributed by atoms with E-state index in [0.717, 1.165) is 25.7 Å². The van der Waals surface area contributed by atoms with E-state index in [9.17, 15) is 4.79 Å². The molecule has 160 valence electrons. The van der Waals surface area contributed by atoms with Crippen molar-refractivity contribution in [3.8, 4) is 0 Å². The minimum atomic E-state index is -0.436. The lowest BCUT2D eigenvalue weighted by molar-refractivity contribution is -0.0205. The van der Waals surface area contributed by atoms with E-state index in [1.54, 1.807) is 0 Å². The van der Waals surface area contributed by atoms with Gasteiger partial charge in [0.05, 0.1) is 12.4 Å². The lowest BCUT2D eigenvalue weighted by atomic mass is 9.91. The number of rotatable bonds is 16. The Morgan fingerprint density at radius 3 is 1.82 bits per heavy atom. The zero-order valence-corrected chi connectivity index (χ0v) is 18.9. The smallest absolute Gasteiger partial charge is 0.359 e. The van der Waals surface area contributed by atoms with Gasteiger partial charge in [-0.25, -0.2) is 14.8 Å². The highest BCUT2D eigenvalue weighted by atomic mass is 35.5. The molecule has 1 atom stereocenters. The number of ether oxygens (including phenoxy) is 1. The van der Waals surface area contributed by atoms with E-state index in [0.29, 0.717) is 0 Å². The first-order valence-electron chi connectivity index (χ1n) is 11.2. The van der Waals surface area contributed by atoms with Crippen molar-refractivity contribution < 1.29 is 9.53 Å². The lowest BCUT2D eigenvalue weighted by Crippen LogP contribution is -2.32. The van der Waals surface area contributed by atoms with Gasteiger partial charge < -0.3 is 4.74 Å². The highest BCUT2D eigenvalue weighted by molar-refractivity contribution is 6.29. The minimum Gasteiger partial charge on any atom is -0.455 e. The van der Waals surface area contributed by atoms with Gasteiger partial charge in [0, 0.05) is 0 Å². The molecule has 0 bridgehead atoms. The second-order valence-corrected chi connectivity index (χ2v) is 8.49. The quantitative estimate of drug-likeness (QED) is 0.208. The van der Waals surface area contributed by atoms with E-state index in [-0.39, 0.29) is 10.8 Å². The van der Waals surface area contributed by atoms with E-state index in [1.807, 2.05) is 0 Å². The summed E-state index contributed by atoms with van der Waals surface area (Å²) in [6.45, 7) is 6.54. The van der Waals surface area contributed by atoms with Crippen LogP contribution in [0.2, 0.25) is 5.15 Å². The topological polar surface area (TPSA) is 52.1 Å². The number of aromatic nitrogens is 2. The molecule has 1 unspecified atom stereocenters. The molecule has 1 rings (SSSR count). The van der Waals surface area contributed by atoms with Gasteiger partial charge in [-0.15, -0.1) is 0 Å². The second kappa shape index (κ2) is 14.8. The van der Waals surface area contributed by atoms with Crippen LogP contribution < -0.4 is 0 Å². The Kier molecular flexibility index (Phi) is 13.1. The molecule has 0 N–H and O–H groups in total. The minimum absolute atomic E-state index is 0.223. The summed E-state index contributed by atoms with van der Waals surface area (Å²) in [6.07, 6.45) is 19.4. The number of carbonyl (C=O) groups is 1. The Bertz CT molecular complexity index is 536. The van der Waals surface area contributed by atoms with Crippen LogP contribution in [-0.2, 0) is 4.74 Å². The third-order valence-electron chi connectivity index (χ3n) is 5.29. The van der Waals surface area contributed by atoms with Gasteiger partial charge in [0.25, 0.3) is 0 Å². The van der Waals surface area contributed by atoms with Crippen LogP contribution in [0.5, 0.6) is 0 Å². The molecular weight excluding hydrogens is 372 g/mol. The summed E-state index contributed by atoms with van der Waals surface area (Å²) in [4.78, 5) is 20.5. The summed E-state index contributed by atoms with van der Waals surface area (Å²) in [5, 5.41) is 0.276. The standard InChI is InChI=1S/C23H39ClN2O2/c1-4-6-8-10-11-13-15-17-23(3,16-14-12-9-7-5-2)28-22(27)20-18-26-21(24)19-25-20/h18-19H,4-17H2,1-3H3. The van der Waals surface area contributed by atoms with Crippen molar-refractivity contribution in [3.05, 3.63) is 23.2 Å². The summed E-state index contributed by atoms with van der Waals surface area (Å²) in [7, 11) is 0. The molecule has 1 aromatic rings. The highest BCUT2D eigenvalue weighted by Gasteiger charge is 2.29. The van der Waals surface area contributed by atoms with Crippen molar-refractivity contribution in [2.24, 2.45) is 0 Å². The fraction of sp³-hybridized carbons (Fsp3) is 0.783. The van der Waals surface area contributed by atoms with Crippen LogP contribution in [-0.4, -0.2) is 21.5 Å². The number of esters is 1. The van der Waals surface area contributed by atoms with E-state index in [2.05, 4.69) is 30.7 Å². The predicted octanol–water partition coefficient (Wildman–Crippen LogP) is 7.55. The second-order valence-electron chi connectivity index (χ2n) is 8.10. The maximum atomic E-state index is 12.5. The van der Waals surface area contributed by atoms with Gasteiger partial charge in [0.15, 0.2) is 5.69 Å². The zero-order valence-electron chi connectivity index (χ0n) is 18.1. The average Bonchev–Trinajstić information content (AvgIpc) is 2.67. The first-order valence-corrected chi connectivity index (χ1v) is 11.6. The molecule has 1 heterocycles. The van der Waals surface area contributed by atoms with Crippen LogP contribution in [0.4, 0.5) is 0 Å². The van der Waals surface area contributed by atoms with Gasteiger partial charge in [-0.3, -0.25) is 0 Å². The summed E-state index contributed by atoms with van der Waals surface area (Å²) in [6, 6.07) is 0. The van der Waals surface area contributed by atoms with Crippen LogP contribution in [0.15, 0.2) is 12.4 Å². The number of hydrogen-bond acceptors (Lipinski definition) is 4. The third-order valence-corrected chi connectivity index (χ3v) is 5.48. The molecule has 0 aromatic carbocycles. The van der Waals surface area contributed by atoms with Crippen LogP contribution in [0.3, 0.4) is 0 Å². The van der Waals surface area contributed by atoms with Crippen LogP contribution >= 0.6 is 11.6 Å². The highest BCUT2D eigenvalue weighted by Crippen LogP contribution is 2.28. The Balaban J connectivity index is 2.53. The largest absolute Gasteiger partial charge is 0.455 e. The lowest BCUT2D eigenvalue weighted by Gasteiger charge is -2.30. The van der Waals surface area contributed by atoms with Crippen molar-refractivity contribution in [2.45, 2.75) is 116 Å². The van der Waals surface area contributed by atoms with Crippen LogP contribution in [0.1, 0.15) is 121 Å². The maximum Gasteiger partial charge on any atom is 0.359 e. The number of carbonyl (C=O) groups excluding carboxylic acids is 1. The van der Waals surface area contributed by atoms with Crippen LogP contribution in [0, 0.1) is 0 Å². The van der Waals surface area contributed by atoms with Crippen molar-refractivity contribution in [3.63, 3.8) is 0 Å². The summed E-state index contributed by atoms with van der Waals surface area (Å²) >= 11 is 5.76. The molecule has 0 spiro atoms. The number of unbranched alkanes of at least 4 members (excludes halogenated alkanes) is 10. The molecule has 0 aliphatic rings. The van der Waals surface area contributed by atoms with Gasteiger partial charge in [0.1, 0.15) is 10.8 Å². The molecular formula is C23H39ClN2O2. The molecule has 0 aliphatic heterocycles. The summed E-state index contributed by atoms with van der Waals surface area (Å²) in [5.74, 6) is -0.400. The van der Waals surface area contributed by atoms with Crippen molar-refractivity contribution in [1.82, 2.24) is 9.97 Å². The SMILES string of the molecule is CCCCCCCCCC(C)(CCCCCCC)OC(=O)c1cnc(Cl)cn1. The number of hydrogen-bond donors (Lipinski definition) is 0. The van der Waals surface area contributed by atoms with E-state index < -0.39 is 11.6 Å². The number of halogens is 1. The summed E-state index contributed by atoms with van der Waals surface area (Å²) in [5.41, 5.74) is -0.213. The molecule has 1 aromatic heterocycles. The molecule has 0 fully saturated rings. The molecule has 28 heavy (non-hydrogen) atoms. The Morgan fingerprint density at radius 2 is 1.36 bits per heavy atom. The molecule has 5 heteroatoms. The van der Waals surface area contributed by atoms with Gasteiger partial charge >= 0.3 is 5.97 Å².